The Kier molecular flexibility index (Phi) is 7.01. The first-order valence-corrected chi connectivity index (χ1v) is 9.06. The van der Waals surface area contributed by atoms with Gasteiger partial charge in [-0.1, -0.05) is 24.3 Å². The number of halogens is 6. The highest BCUT2D eigenvalue weighted by molar-refractivity contribution is 5.42. The maximum atomic E-state index is 13.0. The third kappa shape index (κ3) is 5.14. The summed E-state index contributed by atoms with van der Waals surface area (Å²) in [5.41, 5.74) is -1.55. The zero-order valence-corrected chi connectivity index (χ0v) is 16.6. The summed E-state index contributed by atoms with van der Waals surface area (Å²) in [6.07, 6.45) is -4.14. The summed E-state index contributed by atoms with van der Waals surface area (Å²) >= 11 is 0. The summed E-state index contributed by atoms with van der Waals surface area (Å²) in [7, 11) is 0. The fraction of sp³-hybridized carbons (Fsp3) is 0.150. The molecule has 0 radical (unpaired) electrons. The molecule has 1 aromatic heterocycles. The Bertz CT molecular complexity index is 1070. The standard InChI is InChI=1S/C20H14F6N4O3/c1-11(30-28-10-27-29-30)20(31,12-2-6-14(7-3-12)32-18(25)16(21)22)13-4-8-15(9-5-13)33-19(26)17(23)24/h2-11,31H,1H3. The van der Waals surface area contributed by atoms with Gasteiger partial charge in [-0.25, -0.2) is 0 Å². The number of nitrogens with zero attached hydrogens (tertiary/aromatic N) is 4. The van der Waals surface area contributed by atoms with Gasteiger partial charge >= 0.3 is 24.2 Å². The molecule has 1 N–H and O–H groups in total. The van der Waals surface area contributed by atoms with Crippen molar-refractivity contribution in [3.63, 3.8) is 0 Å². The molecule has 174 valence electrons. The molecule has 7 nitrogen and oxygen atoms in total. The van der Waals surface area contributed by atoms with Crippen molar-refractivity contribution in [3.8, 4) is 11.5 Å². The van der Waals surface area contributed by atoms with E-state index < -0.39 is 35.8 Å². The SMILES string of the molecule is CC(n1ncnn1)C(O)(c1ccc(OC(F)=C(F)F)cc1)c1ccc(OC(F)=C(F)F)cc1. The largest absolute Gasteiger partial charge is 0.428 e. The van der Waals surface area contributed by atoms with Gasteiger partial charge in [0.05, 0.1) is 0 Å². The first kappa shape index (κ1) is 23.8. The van der Waals surface area contributed by atoms with Crippen LogP contribution in [-0.2, 0) is 5.60 Å². The van der Waals surface area contributed by atoms with E-state index in [1.807, 2.05) is 0 Å². The molecule has 0 bridgehead atoms. The molecule has 1 unspecified atom stereocenters. The maximum absolute atomic E-state index is 13.0. The van der Waals surface area contributed by atoms with Crippen molar-refractivity contribution in [2.24, 2.45) is 0 Å². The van der Waals surface area contributed by atoms with Crippen LogP contribution in [0.15, 0.2) is 79.0 Å². The summed E-state index contributed by atoms with van der Waals surface area (Å²) in [4.78, 5) is 1.09. The van der Waals surface area contributed by atoms with Crippen LogP contribution in [0, 0.1) is 0 Å². The third-order valence-electron chi connectivity index (χ3n) is 4.62. The molecule has 33 heavy (non-hydrogen) atoms. The van der Waals surface area contributed by atoms with Crippen LogP contribution in [0.4, 0.5) is 26.3 Å². The monoisotopic (exact) mass is 472 g/mol. The van der Waals surface area contributed by atoms with Gasteiger partial charge in [-0.05, 0) is 47.5 Å². The molecular formula is C20H14F6N4O3. The van der Waals surface area contributed by atoms with Crippen LogP contribution in [0.5, 0.6) is 11.5 Å². The topological polar surface area (TPSA) is 82.3 Å². The zero-order valence-electron chi connectivity index (χ0n) is 16.6. The van der Waals surface area contributed by atoms with Gasteiger partial charge in [0.25, 0.3) is 0 Å². The Hall–Kier alpha value is -3.87. The lowest BCUT2D eigenvalue weighted by atomic mass is 9.81. The Morgan fingerprint density at radius 2 is 1.24 bits per heavy atom. The summed E-state index contributed by atoms with van der Waals surface area (Å²) in [6.45, 7) is 1.54. The molecule has 13 heteroatoms. The second kappa shape index (κ2) is 9.73. The molecule has 0 saturated carbocycles. The number of hydrogen-bond acceptors (Lipinski definition) is 6. The van der Waals surface area contributed by atoms with Crippen molar-refractivity contribution in [3.05, 3.63) is 90.2 Å². The summed E-state index contributed by atoms with van der Waals surface area (Å²) in [5.74, 6) is -0.533. The van der Waals surface area contributed by atoms with E-state index in [0.29, 0.717) is 0 Å². The quantitative estimate of drug-likeness (QED) is 0.367. The van der Waals surface area contributed by atoms with Crippen molar-refractivity contribution in [2.45, 2.75) is 18.6 Å². The molecule has 0 saturated heterocycles. The van der Waals surface area contributed by atoms with E-state index in [0.717, 1.165) is 35.4 Å². The smallest absolute Gasteiger partial charge is 0.344 e. The minimum atomic E-state index is -2.64. The number of aromatic nitrogens is 4. The van der Waals surface area contributed by atoms with E-state index in [-0.39, 0.29) is 22.6 Å². The lowest BCUT2D eigenvalue weighted by Crippen LogP contribution is -2.37. The van der Waals surface area contributed by atoms with Gasteiger partial charge in [0, 0.05) is 0 Å². The average molecular weight is 472 g/mol. The molecule has 1 atom stereocenters. The zero-order chi connectivity index (χ0) is 24.2. The number of aliphatic hydroxyl groups is 1. The number of hydrogen-bond donors (Lipinski definition) is 1. The lowest BCUT2D eigenvalue weighted by molar-refractivity contribution is 0.0182. The maximum Gasteiger partial charge on any atom is 0.344 e. The first-order chi connectivity index (χ1) is 15.6. The lowest BCUT2D eigenvalue weighted by Gasteiger charge is -2.34. The number of ether oxygens (including phenoxy) is 2. The van der Waals surface area contributed by atoms with Gasteiger partial charge in [0.1, 0.15) is 23.1 Å². The molecule has 0 fully saturated rings. The highest BCUT2D eigenvalue weighted by Crippen LogP contribution is 2.40. The molecule has 0 spiro atoms. The molecule has 0 aliphatic rings. The van der Waals surface area contributed by atoms with Crippen molar-refractivity contribution >= 4 is 0 Å². The van der Waals surface area contributed by atoms with Crippen molar-refractivity contribution in [2.75, 3.05) is 0 Å². The summed E-state index contributed by atoms with van der Waals surface area (Å²) in [6, 6.07) is 4.68. The predicted molar refractivity (Wildman–Crippen MR) is 100 cm³/mol. The van der Waals surface area contributed by atoms with Gasteiger partial charge in [-0.15, -0.1) is 10.2 Å². The van der Waals surface area contributed by atoms with E-state index >= 15 is 0 Å². The molecule has 3 aromatic rings. The van der Waals surface area contributed by atoms with Crippen LogP contribution in [0.1, 0.15) is 24.1 Å². The number of benzene rings is 2. The van der Waals surface area contributed by atoms with E-state index in [9.17, 15) is 31.4 Å². The van der Waals surface area contributed by atoms with Gasteiger partial charge < -0.3 is 14.6 Å². The van der Waals surface area contributed by atoms with Gasteiger partial charge in [-0.2, -0.15) is 31.1 Å². The number of rotatable bonds is 8. The molecule has 0 aliphatic heterocycles. The van der Waals surface area contributed by atoms with Crippen molar-refractivity contribution < 1.29 is 40.9 Å². The van der Waals surface area contributed by atoms with E-state index in [1.54, 1.807) is 0 Å². The third-order valence-corrected chi connectivity index (χ3v) is 4.62. The van der Waals surface area contributed by atoms with Crippen LogP contribution in [0.3, 0.4) is 0 Å². The average Bonchev–Trinajstić information content (AvgIpc) is 3.33. The van der Waals surface area contributed by atoms with Crippen LogP contribution >= 0.6 is 0 Å². The normalized spacial score (nSPS) is 12.1. The molecular weight excluding hydrogens is 458 g/mol. The number of tetrazole rings is 1. The predicted octanol–water partition coefficient (Wildman–Crippen LogP) is 5.00. The molecule has 0 aliphatic carbocycles. The van der Waals surface area contributed by atoms with E-state index in [4.69, 9.17) is 0 Å². The molecule has 2 aromatic carbocycles. The fourth-order valence-corrected chi connectivity index (χ4v) is 3.01. The fourth-order valence-electron chi connectivity index (χ4n) is 3.01. The molecule has 1 heterocycles. The minimum absolute atomic E-state index is 0.180. The summed E-state index contributed by atoms with van der Waals surface area (Å²) < 4.78 is 83.9. The minimum Gasteiger partial charge on any atom is -0.428 e. The second-order valence-electron chi connectivity index (χ2n) is 6.52. The van der Waals surface area contributed by atoms with Crippen LogP contribution in [0.2, 0.25) is 0 Å². The van der Waals surface area contributed by atoms with Gasteiger partial charge in [0.15, 0.2) is 6.33 Å². The van der Waals surface area contributed by atoms with Crippen LogP contribution < -0.4 is 9.47 Å². The highest BCUT2D eigenvalue weighted by atomic mass is 19.3. The van der Waals surface area contributed by atoms with Crippen LogP contribution in [0.25, 0.3) is 0 Å². The van der Waals surface area contributed by atoms with E-state index in [1.165, 1.54) is 31.2 Å². The van der Waals surface area contributed by atoms with E-state index in [2.05, 4.69) is 24.9 Å². The molecule has 0 amide bonds. The van der Waals surface area contributed by atoms with Gasteiger partial charge in [-0.3, -0.25) is 0 Å². The Balaban J connectivity index is 2.01. The Morgan fingerprint density at radius 3 is 1.58 bits per heavy atom. The summed E-state index contributed by atoms with van der Waals surface area (Å²) in [5, 5.41) is 22.9. The Morgan fingerprint density at radius 1 is 0.818 bits per heavy atom. The van der Waals surface area contributed by atoms with Gasteiger partial charge in [0.2, 0.25) is 0 Å². The Labute approximate surface area is 182 Å². The van der Waals surface area contributed by atoms with Crippen LogP contribution in [-0.4, -0.2) is 25.3 Å². The van der Waals surface area contributed by atoms with Crippen molar-refractivity contribution in [1.82, 2.24) is 20.2 Å². The van der Waals surface area contributed by atoms with Crippen molar-refractivity contribution in [1.29, 1.82) is 0 Å². The highest BCUT2D eigenvalue weighted by Gasteiger charge is 2.40. The first-order valence-electron chi connectivity index (χ1n) is 9.06. The molecule has 3 rings (SSSR count). The second-order valence-corrected chi connectivity index (χ2v) is 6.52.